The predicted molar refractivity (Wildman–Crippen MR) is 118 cm³/mol. The summed E-state index contributed by atoms with van der Waals surface area (Å²) in [6, 6.07) is 0. The SMILES string of the molecule is CCCCCC(=O)NCC(=O)NCC1C2CCC(O2)C1CCC(=O)CCCCCCl. The largest absolute Gasteiger partial charge is 0.374 e. The van der Waals surface area contributed by atoms with Crippen LogP contribution >= 0.6 is 11.6 Å². The van der Waals surface area contributed by atoms with Crippen molar-refractivity contribution in [3.63, 3.8) is 0 Å². The van der Waals surface area contributed by atoms with Gasteiger partial charge >= 0.3 is 0 Å². The molecule has 2 aliphatic rings. The Labute approximate surface area is 186 Å². The van der Waals surface area contributed by atoms with Crippen LogP contribution in [-0.4, -0.2) is 48.8 Å². The Balaban J connectivity index is 1.67. The average Bonchev–Trinajstić information content (AvgIpc) is 3.34. The summed E-state index contributed by atoms with van der Waals surface area (Å²) in [5.74, 6) is 1.35. The van der Waals surface area contributed by atoms with Crippen molar-refractivity contribution < 1.29 is 19.1 Å². The van der Waals surface area contributed by atoms with Gasteiger partial charge in [-0.3, -0.25) is 14.4 Å². The van der Waals surface area contributed by atoms with Crippen LogP contribution in [0.3, 0.4) is 0 Å². The van der Waals surface area contributed by atoms with E-state index in [0.29, 0.717) is 43.4 Å². The van der Waals surface area contributed by atoms with E-state index < -0.39 is 0 Å². The maximum absolute atomic E-state index is 12.2. The molecule has 0 saturated carbocycles. The van der Waals surface area contributed by atoms with Gasteiger partial charge in [0.05, 0.1) is 18.8 Å². The minimum atomic E-state index is -0.157. The van der Waals surface area contributed by atoms with Gasteiger partial charge in [0.25, 0.3) is 0 Å². The van der Waals surface area contributed by atoms with E-state index >= 15 is 0 Å². The van der Waals surface area contributed by atoms with Gasteiger partial charge in [-0.15, -0.1) is 11.6 Å². The number of carbonyl (C=O) groups is 3. The first kappa shape index (κ1) is 25.1. The molecule has 0 radical (unpaired) electrons. The zero-order valence-corrected chi connectivity index (χ0v) is 19.2. The standard InChI is InChI=1S/C23H39ClN2O4/c1-2-3-5-9-22(28)26-16-23(29)25-15-19-18(20-12-13-21(19)30-20)11-10-17(27)8-6-4-7-14-24/h18-21H,2-16H2,1H3,(H,25,29)(H,26,28). The second-order valence-electron chi connectivity index (χ2n) is 8.73. The van der Waals surface area contributed by atoms with Gasteiger partial charge in [-0.1, -0.05) is 26.2 Å². The smallest absolute Gasteiger partial charge is 0.239 e. The summed E-state index contributed by atoms with van der Waals surface area (Å²) in [4.78, 5) is 36.1. The Morgan fingerprint density at radius 3 is 2.33 bits per heavy atom. The van der Waals surface area contributed by atoms with Crippen molar-refractivity contribution in [1.29, 1.82) is 0 Å². The quantitative estimate of drug-likeness (QED) is 0.281. The summed E-state index contributed by atoms with van der Waals surface area (Å²) in [5.41, 5.74) is 0. The molecular weight excluding hydrogens is 404 g/mol. The molecule has 7 heteroatoms. The van der Waals surface area contributed by atoms with Gasteiger partial charge < -0.3 is 15.4 Å². The molecule has 0 aliphatic carbocycles. The van der Waals surface area contributed by atoms with Gasteiger partial charge in [0.2, 0.25) is 11.8 Å². The third-order valence-corrected chi connectivity index (χ3v) is 6.69. The molecule has 2 aliphatic heterocycles. The zero-order valence-electron chi connectivity index (χ0n) is 18.4. The summed E-state index contributed by atoms with van der Waals surface area (Å²) in [6.45, 7) is 2.68. The van der Waals surface area contributed by atoms with Crippen LogP contribution in [0, 0.1) is 11.8 Å². The lowest BCUT2D eigenvalue weighted by Gasteiger charge is -2.28. The van der Waals surface area contributed by atoms with Crippen LogP contribution in [0.5, 0.6) is 0 Å². The van der Waals surface area contributed by atoms with Crippen molar-refractivity contribution in [3.8, 4) is 0 Å². The van der Waals surface area contributed by atoms with Crippen LogP contribution in [0.4, 0.5) is 0 Å². The van der Waals surface area contributed by atoms with Crippen LogP contribution in [0.25, 0.3) is 0 Å². The lowest BCUT2D eigenvalue weighted by molar-refractivity contribution is -0.126. The molecule has 2 amide bonds. The molecule has 4 atom stereocenters. The topological polar surface area (TPSA) is 84.5 Å². The number of unbranched alkanes of at least 4 members (excludes halogenated alkanes) is 4. The first-order valence-corrected chi connectivity index (χ1v) is 12.3. The van der Waals surface area contributed by atoms with Gasteiger partial charge in [-0.25, -0.2) is 0 Å². The van der Waals surface area contributed by atoms with E-state index in [-0.39, 0.29) is 36.5 Å². The third-order valence-electron chi connectivity index (χ3n) is 6.42. The normalized spacial score (nSPS) is 24.7. The number of carbonyl (C=O) groups excluding carboxylic acids is 3. The van der Waals surface area contributed by atoms with Crippen LogP contribution in [0.1, 0.15) is 84.0 Å². The first-order valence-electron chi connectivity index (χ1n) is 11.8. The lowest BCUT2D eigenvalue weighted by atomic mass is 9.76. The second kappa shape index (κ2) is 14.0. The number of ketones is 1. The monoisotopic (exact) mass is 442 g/mol. The molecule has 30 heavy (non-hydrogen) atoms. The molecule has 2 saturated heterocycles. The van der Waals surface area contributed by atoms with Crippen molar-refractivity contribution in [1.82, 2.24) is 10.6 Å². The highest BCUT2D eigenvalue weighted by molar-refractivity contribution is 6.17. The fourth-order valence-electron chi connectivity index (χ4n) is 4.70. The summed E-state index contributed by atoms with van der Waals surface area (Å²) >= 11 is 5.68. The number of ether oxygens (including phenoxy) is 1. The molecule has 2 heterocycles. The maximum atomic E-state index is 12.2. The number of amides is 2. The number of halogens is 1. The van der Waals surface area contributed by atoms with E-state index in [4.69, 9.17) is 16.3 Å². The molecule has 2 rings (SSSR count). The van der Waals surface area contributed by atoms with E-state index in [1.807, 2.05) is 0 Å². The second-order valence-corrected chi connectivity index (χ2v) is 9.11. The van der Waals surface area contributed by atoms with Gasteiger partial charge in [-0.2, -0.15) is 0 Å². The number of Topliss-reactive ketones (excluding diaryl/α,β-unsaturated/α-hetero) is 1. The Hall–Kier alpha value is -1.14. The lowest BCUT2D eigenvalue weighted by Crippen LogP contribution is -2.42. The highest BCUT2D eigenvalue weighted by Crippen LogP contribution is 2.45. The van der Waals surface area contributed by atoms with E-state index in [0.717, 1.165) is 57.8 Å². The van der Waals surface area contributed by atoms with Crippen LogP contribution in [0.2, 0.25) is 0 Å². The van der Waals surface area contributed by atoms with Crippen LogP contribution < -0.4 is 10.6 Å². The molecule has 6 nitrogen and oxygen atoms in total. The van der Waals surface area contributed by atoms with Crippen LogP contribution in [0.15, 0.2) is 0 Å². The maximum Gasteiger partial charge on any atom is 0.239 e. The van der Waals surface area contributed by atoms with Gasteiger partial charge in [0.1, 0.15) is 5.78 Å². The first-order chi connectivity index (χ1) is 14.5. The number of hydrogen-bond acceptors (Lipinski definition) is 4. The highest BCUT2D eigenvalue weighted by atomic mass is 35.5. The molecule has 0 aromatic heterocycles. The Bertz CT molecular complexity index is 557. The van der Waals surface area contributed by atoms with E-state index in [2.05, 4.69) is 17.6 Å². The van der Waals surface area contributed by atoms with Gasteiger partial charge in [-0.05, 0) is 44.4 Å². The fourth-order valence-corrected chi connectivity index (χ4v) is 4.89. The molecule has 2 fully saturated rings. The zero-order chi connectivity index (χ0) is 21.8. The third kappa shape index (κ3) is 8.54. The molecule has 0 spiro atoms. The minimum absolute atomic E-state index is 0.0259. The predicted octanol–water partition coefficient (Wildman–Crippen LogP) is 3.74. The van der Waals surface area contributed by atoms with E-state index in [1.165, 1.54) is 0 Å². The molecule has 4 unspecified atom stereocenters. The number of rotatable bonds is 16. The Morgan fingerprint density at radius 2 is 1.60 bits per heavy atom. The molecule has 0 aromatic carbocycles. The number of hydrogen-bond donors (Lipinski definition) is 2. The molecular formula is C23H39ClN2O4. The van der Waals surface area contributed by atoms with Crippen molar-refractivity contribution >= 4 is 29.2 Å². The number of fused-ring (bicyclic) bond motifs is 2. The number of nitrogens with one attached hydrogen (secondary N) is 2. The molecule has 2 bridgehead atoms. The molecule has 172 valence electrons. The Kier molecular flexibility index (Phi) is 11.7. The average molecular weight is 443 g/mol. The van der Waals surface area contributed by atoms with Gasteiger partial charge in [0, 0.05) is 37.6 Å². The van der Waals surface area contributed by atoms with E-state index in [9.17, 15) is 14.4 Å². The van der Waals surface area contributed by atoms with Crippen molar-refractivity contribution in [2.45, 2.75) is 96.2 Å². The van der Waals surface area contributed by atoms with E-state index in [1.54, 1.807) is 0 Å². The van der Waals surface area contributed by atoms with Crippen molar-refractivity contribution in [2.75, 3.05) is 19.0 Å². The van der Waals surface area contributed by atoms with Crippen molar-refractivity contribution in [3.05, 3.63) is 0 Å². The summed E-state index contributed by atoms with van der Waals surface area (Å²) < 4.78 is 6.08. The Morgan fingerprint density at radius 1 is 0.867 bits per heavy atom. The highest BCUT2D eigenvalue weighted by Gasteiger charge is 2.48. The molecule has 2 N–H and O–H groups in total. The summed E-state index contributed by atoms with van der Waals surface area (Å²) in [7, 11) is 0. The minimum Gasteiger partial charge on any atom is -0.374 e. The van der Waals surface area contributed by atoms with Gasteiger partial charge in [0.15, 0.2) is 0 Å². The van der Waals surface area contributed by atoms with Crippen LogP contribution in [-0.2, 0) is 19.1 Å². The summed E-state index contributed by atoms with van der Waals surface area (Å²) in [5, 5.41) is 5.66. The fraction of sp³-hybridized carbons (Fsp3) is 0.870. The number of alkyl halides is 1. The molecule has 0 aromatic rings. The van der Waals surface area contributed by atoms with Crippen molar-refractivity contribution in [2.24, 2.45) is 11.8 Å². The summed E-state index contributed by atoms with van der Waals surface area (Å²) in [6.07, 6.45) is 10.9.